The van der Waals surface area contributed by atoms with E-state index >= 15 is 0 Å². The summed E-state index contributed by atoms with van der Waals surface area (Å²) in [6.45, 7) is 0. The van der Waals surface area contributed by atoms with Crippen LogP contribution in [0, 0.1) is 0 Å². The Hall–Kier alpha value is -4.24. The molecule has 7 rings (SSSR count). The van der Waals surface area contributed by atoms with E-state index in [0.717, 1.165) is 25.7 Å². The van der Waals surface area contributed by atoms with Gasteiger partial charge in [-0.05, 0) is 52.1 Å². The molecule has 6 aromatic carbocycles. The first-order chi connectivity index (χ1) is 23.7. The number of hydrogen-bond acceptors (Lipinski definition) is 1. The standard InChI is InChI=1S/C47H47N.BrH/c48-45(39-26-12-5-13-27-39)37-23-3-1-2-22-36-44(38-24-10-4-11-25-38)46(40-28-14-6-15-29-40,41-30-16-7-17-31-41)47(45,42-32-18-8-19-33-42)43-34-20-9-21-35-43;/h4-21,24-35,44H,1-3,22-23,36-37,48H2;1H. The Labute approximate surface area is 304 Å². The molecule has 0 bridgehead atoms. The molecule has 0 radical (unpaired) electrons. The van der Waals surface area contributed by atoms with Crippen LogP contribution in [0.2, 0.25) is 0 Å². The molecule has 1 fully saturated rings. The average Bonchev–Trinajstić information content (AvgIpc) is 3.19. The number of rotatable bonds is 6. The highest BCUT2D eigenvalue weighted by atomic mass is 79.9. The molecule has 0 saturated heterocycles. The van der Waals surface area contributed by atoms with Crippen LogP contribution in [0.1, 0.15) is 84.2 Å². The van der Waals surface area contributed by atoms with E-state index in [1.807, 2.05) is 0 Å². The van der Waals surface area contributed by atoms with Crippen molar-refractivity contribution in [2.24, 2.45) is 5.73 Å². The van der Waals surface area contributed by atoms with Gasteiger partial charge in [0, 0.05) is 5.41 Å². The fourth-order valence-corrected chi connectivity index (χ4v) is 9.42. The van der Waals surface area contributed by atoms with Gasteiger partial charge in [0.25, 0.3) is 0 Å². The number of benzene rings is 6. The van der Waals surface area contributed by atoms with E-state index in [-0.39, 0.29) is 22.9 Å². The Morgan fingerprint density at radius 2 is 0.735 bits per heavy atom. The third-order valence-electron chi connectivity index (χ3n) is 11.2. The summed E-state index contributed by atoms with van der Waals surface area (Å²) >= 11 is 0. The van der Waals surface area contributed by atoms with Gasteiger partial charge in [0.15, 0.2) is 0 Å². The average molecular weight is 707 g/mol. The molecule has 2 N–H and O–H groups in total. The largest absolute Gasteiger partial charge is 0.320 e. The summed E-state index contributed by atoms with van der Waals surface area (Å²) in [5.74, 6) is 0.105. The Morgan fingerprint density at radius 3 is 1.18 bits per heavy atom. The van der Waals surface area contributed by atoms with E-state index in [9.17, 15) is 0 Å². The zero-order chi connectivity index (χ0) is 32.7. The van der Waals surface area contributed by atoms with E-state index in [2.05, 4.69) is 182 Å². The molecule has 1 nitrogen and oxygen atoms in total. The van der Waals surface area contributed by atoms with Crippen molar-refractivity contribution in [1.82, 2.24) is 0 Å². The maximum absolute atomic E-state index is 8.56. The second-order valence-electron chi connectivity index (χ2n) is 13.6. The number of nitrogens with two attached hydrogens (primary N) is 1. The molecule has 1 saturated carbocycles. The van der Waals surface area contributed by atoms with Crippen LogP contribution < -0.4 is 5.73 Å². The number of halogens is 1. The van der Waals surface area contributed by atoms with Gasteiger partial charge in [-0.15, -0.1) is 17.0 Å². The Kier molecular flexibility index (Phi) is 11.0. The van der Waals surface area contributed by atoms with Crippen LogP contribution in [0.3, 0.4) is 0 Å². The quantitative estimate of drug-likeness (QED) is 0.183. The van der Waals surface area contributed by atoms with Gasteiger partial charge < -0.3 is 5.73 Å². The minimum absolute atomic E-state index is 0. The van der Waals surface area contributed by atoms with Gasteiger partial charge in [0.2, 0.25) is 0 Å². The third kappa shape index (κ3) is 6.00. The van der Waals surface area contributed by atoms with Gasteiger partial charge in [0.05, 0.1) is 11.0 Å². The van der Waals surface area contributed by atoms with Crippen molar-refractivity contribution in [3.05, 3.63) is 215 Å². The smallest absolute Gasteiger partial charge is 0.0566 e. The molecule has 2 atom stereocenters. The predicted molar refractivity (Wildman–Crippen MR) is 211 cm³/mol. The highest BCUT2D eigenvalue weighted by Crippen LogP contribution is 2.67. The summed E-state index contributed by atoms with van der Waals surface area (Å²) < 4.78 is 0. The van der Waals surface area contributed by atoms with Crippen LogP contribution in [0.5, 0.6) is 0 Å². The predicted octanol–water partition coefficient (Wildman–Crippen LogP) is 11.9. The summed E-state index contributed by atoms with van der Waals surface area (Å²) in [7, 11) is 0. The molecule has 2 heteroatoms. The summed E-state index contributed by atoms with van der Waals surface area (Å²) in [6, 6.07) is 67.8. The third-order valence-corrected chi connectivity index (χ3v) is 11.2. The van der Waals surface area contributed by atoms with Crippen LogP contribution in [-0.4, -0.2) is 0 Å². The van der Waals surface area contributed by atoms with Crippen molar-refractivity contribution in [2.75, 3.05) is 0 Å². The minimum Gasteiger partial charge on any atom is -0.320 e. The van der Waals surface area contributed by atoms with Crippen LogP contribution in [0.25, 0.3) is 0 Å². The Bertz CT molecular complexity index is 1760. The monoisotopic (exact) mass is 705 g/mol. The maximum atomic E-state index is 8.56. The lowest BCUT2D eigenvalue weighted by molar-refractivity contribution is 0.123. The fourth-order valence-electron chi connectivity index (χ4n) is 9.42. The summed E-state index contributed by atoms with van der Waals surface area (Å²) in [5.41, 5.74) is 14.0. The van der Waals surface area contributed by atoms with Crippen molar-refractivity contribution >= 4 is 17.0 Å². The summed E-state index contributed by atoms with van der Waals surface area (Å²) in [5, 5.41) is 0. The van der Waals surface area contributed by atoms with Crippen molar-refractivity contribution in [3.63, 3.8) is 0 Å². The van der Waals surface area contributed by atoms with E-state index in [1.54, 1.807) is 0 Å². The van der Waals surface area contributed by atoms with E-state index in [1.165, 1.54) is 52.6 Å². The van der Waals surface area contributed by atoms with Gasteiger partial charge in [-0.25, -0.2) is 0 Å². The Morgan fingerprint density at radius 1 is 0.388 bits per heavy atom. The van der Waals surface area contributed by atoms with Crippen LogP contribution >= 0.6 is 17.0 Å². The van der Waals surface area contributed by atoms with Gasteiger partial charge in [-0.2, -0.15) is 0 Å². The lowest BCUT2D eigenvalue weighted by Gasteiger charge is -2.63. The first kappa shape index (κ1) is 34.6. The van der Waals surface area contributed by atoms with Crippen molar-refractivity contribution < 1.29 is 0 Å². The molecular formula is C47H48BrN. The lowest BCUT2D eigenvalue weighted by atomic mass is 9.39. The zero-order valence-corrected chi connectivity index (χ0v) is 30.0. The van der Waals surface area contributed by atoms with Gasteiger partial charge >= 0.3 is 0 Å². The molecule has 0 heterocycles. The van der Waals surface area contributed by atoms with E-state index < -0.39 is 16.4 Å². The fraction of sp³-hybridized carbons (Fsp3) is 0.234. The molecule has 0 spiro atoms. The Balaban J connectivity index is 0.00000417. The highest BCUT2D eigenvalue weighted by molar-refractivity contribution is 8.93. The van der Waals surface area contributed by atoms with E-state index in [4.69, 9.17) is 5.73 Å². The van der Waals surface area contributed by atoms with E-state index in [0.29, 0.717) is 0 Å². The molecule has 1 aliphatic rings. The van der Waals surface area contributed by atoms with Crippen molar-refractivity contribution in [2.45, 2.75) is 67.2 Å². The second kappa shape index (κ2) is 15.5. The normalized spacial score (nSPS) is 20.6. The summed E-state index contributed by atoms with van der Waals surface area (Å²) in [6.07, 6.45) is 7.72. The maximum Gasteiger partial charge on any atom is 0.0566 e. The molecule has 1 aliphatic carbocycles. The van der Waals surface area contributed by atoms with Crippen molar-refractivity contribution in [1.29, 1.82) is 0 Å². The van der Waals surface area contributed by atoms with Crippen LogP contribution in [0.15, 0.2) is 182 Å². The van der Waals surface area contributed by atoms with Gasteiger partial charge in [0.1, 0.15) is 0 Å². The van der Waals surface area contributed by atoms with Crippen LogP contribution in [-0.2, 0) is 16.4 Å². The molecule has 0 aliphatic heterocycles. The number of hydrogen-bond donors (Lipinski definition) is 1. The summed E-state index contributed by atoms with van der Waals surface area (Å²) in [4.78, 5) is 0. The topological polar surface area (TPSA) is 26.0 Å². The molecule has 0 aromatic heterocycles. The van der Waals surface area contributed by atoms with Gasteiger partial charge in [-0.3, -0.25) is 0 Å². The molecule has 2 unspecified atom stereocenters. The first-order valence-corrected chi connectivity index (χ1v) is 17.8. The van der Waals surface area contributed by atoms with Crippen LogP contribution in [0.4, 0.5) is 0 Å². The molecular weight excluding hydrogens is 658 g/mol. The zero-order valence-electron chi connectivity index (χ0n) is 28.3. The minimum atomic E-state index is -0.806. The second-order valence-corrected chi connectivity index (χ2v) is 13.6. The SMILES string of the molecule is Br.NC1(c2ccccc2)CCCCCCCC(c2ccccc2)C(c2ccccc2)(c2ccccc2)C1(c1ccccc1)c1ccccc1. The molecule has 0 amide bonds. The first-order valence-electron chi connectivity index (χ1n) is 17.8. The molecule has 49 heavy (non-hydrogen) atoms. The van der Waals surface area contributed by atoms with Crippen molar-refractivity contribution in [3.8, 4) is 0 Å². The van der Waals surface area contributed by atoms with Gasteiger partial charge in [-0.1, -0.05) is 214 Å². The highest BCUT2D eigenvalue weighted by Gasteiger charge is 2.67. The lowest BCUT2D eigenvalue weighted by Crippen LogP contribution is -2.68. The molecule has 6 aromatic rings. The molecule has 248 valence electrons.